The Morgan fingerprint density at radius 2 is 1.90 bits per heavy atom. The second-order valence-corrected chi connectivity index (χ2v) is 5.09. The summed E-state index contributed by atoms with van der Waals surface area (Å²) in [5, 5.41) is 0. The predicted octanol–water partition coefficient (Wildman–Crippen LogP) is 1.40. The molecule has 1 unspecified atom stereocenters. The first-order chi connectivity index (χ1) is 10.2. The zero-order valence-electron chi connectivity index (χ0n) is 12.8. The fourth-order valence-corrected chi connectivity index (χ4v) is 2.91. The van der Waals surface area contributed by atoms with E-state index in [1.54, 1.807) is 21.3 Å². The van der Waals surface area contributed by atoms with Crippen LogP contribution in [0.2, 0.25) is 0 Å². The second kappa shape index (κ2) is 7.09. The van der Waals surface area contributed by atoms with E-state index in [2.05, 4.69) is 5.43 Å². The van der Waals surface area contributed by atoms with Crippen LogP contribution in [0.3, 0.4) is 0 Å². The van der Waals surface area contributed by atoms with Gasteiger partial charge in [0.2, 0.25) is 0 Å². The van der Waals surface area contributed by atoms with Crippen LogP contribution in [0.5, 0.6) is 11.5 Å². The molecule has 6 heteroatoms. The van der Waals surface area contributed by atoms with Gasteiger partial charge in [-0.15, -0.1) is 0 Å². The number of hydrogen-bond acceptors (Lipinski definition) is 6. The van der Waals surface area contributed by atoms with Crippen molar-refractivity contribution in [1.29, 1.82) is 0 Å². The molecule has 1 aromatic rings. The minimum Gasteiger partial charge on any atom is -0.497 e. The summed E-state index contributed by atoms with van der Waals surface area (Å²) in [6, 6.07) is 5.51. The van der Waals surface area contributed by atoms with E-state index in [9.17, 15) is 0 Å². The van der Waals surface area contributed by atoms with Crippen molar-refractivity contribution in [2.45, 2.75) is 24.5 Å². The fraction of sp³-hybridized carbons (Fsp3) is 0.600. The van der Waals surface area contributed by atoms with E-state index < -0.39 is 5.60 Å². The van der Waals surface area contributed by atoms with Crippen molar-refractivity contribution in [1.82, 2.24) is 5.43 Å². The van der Waals surface area contributed by atoms with Gasteiger partial charge in [0.25, 0.3) is 0 Å². The molecule has 1 fully saturated rings. The molecule has 6 nitrogen and oxygen atoms in total. The Bertz CT molecular complexity index is 461. The summed E-state index contributed by atoms with van der Waals surface area (Å²) in [5.41, 5.74) is 3.43. The van der Waals surface area contributed by atoms with Gasteiger partial charge in [-0.2, -0.15) is 0 Å². The molecular weight excluding hydrogens is 272 g/mol. The van der Waals surface area contributed by atoms with Gasteiger partial charge in [-0.05, 0) is 12.1 Å². The SMILES string of the molecule is COc1ccc(C(NN)C2(OC)CCOCC2)c(OC)c1. The summed E-state index contributed by atoms with van der Waals surface area (Å²) in [6.07, 6.45) is 1.54. The summed E-state index contributed by atoms with van der Waals surface area (Å²) in [5.74, 6) is 7.30. The molecule has 0 spiro atoms. The summed E-state index contributed by atoms with van der Waals surface area (Å²) >= 11 is 0. The quantitative estimate of drug-likeness (QED) is 0.610. The molecule has 0 radical (unpaired) electrons. The monoisotopic (exact) mass is 296 g/mol. The largest absolute Gasteiger partial charge is 0.497 e. The second-order valence-electron chi connectivity index (χ2n) is 5.09. The van der Waals surface area contributed by atoms with E-state index in [0.29, 0.717) is 13.2 Å². The highest BCUT2D eigenvalue weighted by Crippen LogP contribution is 2.41. The van der Waals surface area contributed by atoms with Gasteiger partial charge in [-0.25, -0.2) is 5.43 Å². The van der Waals surface area contributed by atoms with Crippen molar-refractivity contribution in [2.24, 2.45) is 5.84 Å². The summed E-state index contributed by atoms with van der Waals surface area (Å²) in [6.45, 7) is 1.31. The maximum atomic E-state index is 5.83. The topological polar surface area (TPSA) is 75.0 Å². The van der Waals surface area contributed by atoms with E-state index in [0.717, 1.165) is 29.9 Å². The Balaban J connectivity index is 2.40. The third kappa shape index (κ3) is 3.13. The molecule has 0 aromatic heterocycles. The van der Waals surface area contributed by atoms with E-state index in [-0.39, 0.29) is 6.04 Å². The molecule has 1 aromatic carbocycles. The van der Waals surface area contributed by atoms with E-state index in [4.69, 9.17) is 24.8 Å². The maximum Gasteiger partial charge on any atom is 0.127 e. The minimum absolute atomic E-state index is 0.188. The molecule has 1 atom stereocenters. The van der Waals surface area contributed by atoms with Crippen molar-refractivity contribution >= 4 is 0 Å². The van der Waals surface area contributed by atoms with Crippen molar-refractivity contribution in [3.05, 3.63) is 23.8 Å². The molecule has 1 heterocycles. The molecule has 0 bridgehead atoms. The van der Waals surface area contributed by atoms with Gasteiger partial charge in [-0.3, -0.25) is 5.84 Å². The highest BCUT2D eigenvalue weighted by Gasteiger charge is 2.42. The van der Waals surface area contributed by atoms with E-state index >= 15 is 0 Å². The van der Waals surface area contributed by atoms with Crippen LogP contribution in [0.25, 0.3) is 0 Å². The zero-order chi connectivity index (χ0) is 15.3. The first-order valence-corrected chi connectivity index (χ1v) is 7.01. The minimum atomic E-state index is -0.408. The number of hydrogen-bond donors (Lipinski definition) is 2. The number of ether oxygens (including phenoxy) is 4. The van der Waals surface area contributed by atoms with Crippen LogP contribution >= 0.6 is 0 Å². The van der Waals surface area contributed by atoms with Crippen LogP contribution in [-0.4, -0.2) is 40.1 Å². The highest BCUT2D eigenvalue weighted by molar-refractivity contribution is 5.43. The molecule has 0 aliphatic carbocycles. The molecule has 118 valence electrons. The van der Waals surface area contributed by atoms with Gasteiger partial charge in [0.15, 0.2) is 0 Å². The van der Waals surface area contributed by atoms with Gasteiger partial charge in [-0.1, -0.05) is 0 Å². The number of benzene rings is 1. The van der Waals surface area contributed by atoms with Crippen molar-refractivity contribution in [2.75, 3.05) is 34.5 Å². The Morgan fingerprint density at radius 3 is 2.43 bits per heavy atom. The summed E-state index contributed by atoms with van der Waals surface area (Å²) in [4.78, 5) is 0. The van der Waals surface area contributed by atoms with E-state index in [1.807, 2.05) is 18.2 Å². The number of rotatable bonds is 6. The normalized spacial score (nSPS) is 19.0. The molecule has 3 N–H and O–H groups in total. The van der Waals surface area contributed by atoms with Crippen LogP contribution in [0.15, 0.2) is 18.2 Å². The summed E-state index contributed by atoms with van der Waals surface area (Å²) < 4.78 is 22.0. The molecule has 1 aliphatic rings. The molecule has 1 saturated heterocycles. The van der Waals surface area contributed by atoms with Crippen LogP contribution < -0.4 is 20.7 Å². The molecule has 2 rings (SSSR count). The van der Waals surface area contributed by atoms with Crippen LogP contribution in [0, 0.1) is 0 Å². The van der Waals surface area contributed by atoms with Gasteiger partial charge >= 0.3 is 0 Å². The molecule has 1 aliphatic heterocycles. The van der Waals surface area contributed by atoms with Crippen molar-refractivity contribution < 1.29 is 18.9 Å². The molecule has 0 saturated carbocycles. The Labute approximate surface area is 125 Å². The first-order valence-electron chi connectivity index (χ1n) is 7.01. The lowest BCUT2D eigenvalue weighted by Crippen LogP contribution is -2.51. The van der Waals surface area contributed by atoms with Gasteiger partial charge in [0.05, 0.1) is 25.9 Å². The Hall–Kier alpha value is -1.34. The van der Waals surface area contributed by atoms with Gasteiger partial charge < -0.3 is 18.9 Å². The average molecular weight is 296 g/mol. The lowest BCUT2D eigenvalue weighted by molar-refractivity contribution is -0.112. The molecule has 0 amide bonds. The number of methoxy groups -OCH3 is 3. The maximum absolute atomic E-state index is 5.83. The first kappa shape index (κ1) is 16.0. The summed E-state index contributed by atoms with van der Waals surface area (Å²) in [7, 11) is 4.98. The smallest absolute Gasteiger partial charge is 0.127 e. The van der Waals surface area contributed by atoms with Crippen LogP contribution in [0.1, 0.15) is 24.4 Å². The van der Waals surface area contributed by atoms with E-state index in [1.165, 1.54) is 0 Å². The molecule has 21 heavy (non-hydrogen) atoms. The number of nitrogens with two attached hydrogens (primary N) is 1. The number of hydrazine groups is 1. The average Bonchev–Trinajstić information content (AvgIpc) is 2.56. The highest BCUT2D eigenvalue weighted by atomic mass is 16.5. The van der Waals surface area contributed by atoms with Gasteiger partial charge in [0, 0.05) is 44.8 Å². The zero-order valence-corrected chi connectivity index (χ0v) is 12.8. The Morgan fingerprint density at radius 1 is 1.19 bits per heavy atom. The van der Waals surface area contributed by atoms with Gasteiger partial charge in [0.1, 0.15) is 11.5 Å². The lowest BCUT2D eigenvalue weighted by Gasteiger charge is -2.42. The third-order valence-electron chi connectivity index (χ3n) is 4.19. The fourth-order valence-electron chi connectivity index (χ4n) is 2.91. The third-order valence-corrected chi connectivity index (χ3v) is 4.19. The van der Waals surface area contributed by atoms with Crippen LogP contribution in [-0.2, 0) is 9.47 Å². The Kier molecular flexibility index (Phi) is 5.41. The standard InChI is InChI=1S/C15H24N2O4/c1-18-11-4-5-12(13(10-11)19-2)14(17-16)15(20-3)6-8-21-9-7-15/h4-5,10,14,17H,6-9,16H2,1-3H3. The predicted molar refractivity (Wildman–Crippen MR) is 79.4 cm³/mol. The molecular formula is C15H24N2O4. The van der Waals surface area contributed by atoms with Crippen molar-refractivity contribution in [3.8, 4) is 11.5 Å². The van der Waals surface area contributed by atoms with Crippen LogP contribution in [0.4, 0.5) is 0 Å². The van der Waals surface area contributed by atoms with Crippen molar-refractivity contribution in [3.63, 3.8) is 0 Å². The number of nitrogens with one attached hydrogen (secondary N) is 1. The lowest BCUT2D eigenvalue weighted by atomic mass is 9.82.